The van der Waals surface area contributed by atoms with E-state index in [1.54, 1.807) is 48.8 Å². The summed E-state index contributed by atoms with van der Waals surface area (Å²) in [5.41, 5.74) is 4.68. The van der Waals surface area contributed by atoms with Gasteiger partial charge in [0, 0.05) is 36.7 Å². The topological polar surface area (TPSA) is 92.2 Å². The SMILES string of the molecule is O=C(NN1CCCC1)c1cc(NC(=O)c2cn(-c3ccccn3)nc2-c2ccc(F)cc2)ccc1Cl. The highest BCUT2D eigenvalue weighted by Gasteiger charge is 2.21. The van der Waals surface area contributed by atoms with Gasteiger partial charge < -0.3 is 5.32 Å². The van der Waals surface area contributed by atoms with Crippen LogP contribution in [0.4, 0.5) is 10.1 Å². The van der Waals surface area contributed by atoms with Crippen LogP contribution in [0.15, 0.2) is 73.1 Å². The molecular formula is C26H22ClFN6O2. The van der Waals surface area contributed by atoms with Crippen molar-refractivity contribution < 1.29 is 14.0 Å². The van der Waals surface area contributed by atoms with Crippen LogP contribution in [-0.2, 0) is 0 Å². The predicted molar refractivity (Wildman–Crippen MR) is 134 cm³/mol. The van der Waals surface area contributed by atoms with E-state index in [1.807, 2.05) is 11.1 Å². The molecule has 2 N–H and O–H groups in total. The molecule has 5 rings (SSSR count). The van der Waals surface area contributed by atoms with Crippen LogP contribution >= 0.6 is 11.6 Å². The van der Waals surface area contributed by atoms with Crippen molar-refractivity contribution in [3.05, 3.63) is 95.0 Å². The number of pyridine rings is 1. The summed E-state index contributed by atoms with van der Waals surface area (Å²) >= 11 is 6.28. The van der Waals surface area contributed by atoms with Crippen LogP contribution in [0.5, 0.6) is 0 Å². The Labute approximate surface area is 211 Å². The molecule has 2 aromatic carbocycles. The second kappa shape index (κ2) is 10.3. The number of halogens is 2. The van der Waals surface area contributed by atoms with Crippen molar-refractivity contribution in [2.75, 3.05) is 18.4 Å². The highest BCUT2D eigenvalue weighted by Crippen LogP contribution is 2.26. The third kappa shape index (κ3) is 5.12. The molecule has 2 aromatic heterocycles. The summed E-state index contributed by atoms with van der Waals surface area (Å²) in [4.78, 5) is 30.4. The Morgan fingerprint density at radius 1 is 0.944 bits per heavy atom. The second-order valence-corrected chi connectivity index (χ2v) is 8.72. The average molecular weight is 505 g/mol. The van der Waals surface area contributed by atoms with Crippen molar-refractivity contribution in [1.29, 1.82) is 0 Å². The maximum Gasteiger partial charge on any atom is 0.267 e. The quantitative estimate of drug-likeness (QED) is 0.396. The first-order chi connectivity index (χ1) is 17.5. The van der Waals surface area contributed by atoms with Crippen molar-refractivity contribution in [3.63, 3.8) is 0 Å². The van der Waals surface area contributed by atoms with E-state index in [0.29, 0.717) is 22.8 Å². The van der Waals surface area contributed by atoms with Gasteiger partial charge in [0.1, 0.15) is 11.5 Å². The minimum absolute atomic E-state index is 0.254. The molecule has 3 heterocycles. The van der Waals surface area contributed by atoms with Crippen LogP contribution < -0.4 is 10.7 Å². The maximum absolute atomic E-state index is 13.5. The molecule has 2 amide bonds. The van der Waals surface area contributed by atoms with Crippen LogP contribution in [0.1, 0.15) is 33.6 Å². The Morgan fingerprint density at radius 2 is 1.72 bits per heavy atom. The largest absolute Gasteiger partial charge is 0.322 e. The van der Waals surface area contributed by atoms with E-state index >= 15 is 0 Å². The number of hydrazine groups is 1. The molecule has 36 heavy (non-hydrogen) atoms. The molecule has 4 aromatic rings. The van der Waals surface area contributed by atoms with Crippen molar-refractivity contribution in [2.45, 2.75) is 12.8 Å². The number of carbonyl (C=O) groups is 2. The molecule has 8 nitrogen and oxygen atoms in total. The van der Waals surface area contributed by atoms with Gasteiger partial charge in [0.25, 0.3) is 11.8 Å². The monoisotopic (exact) mass is 504 g/mol. The molecule has 182 valence electrons. The standard InChI is InChI=1S/C26H22ClFN6O2/c27-22-11-10-19(15-20(22)26(36)32-33-13-3-4-14-33)30-25(35)21-16-34(23-5-1-2-12-29-23)31-24(21)17-6-8-18(28)9-7-17/h1-2,5-12,15-16H,3-4,13-14H2,(H,30,35)(H,32,36). The molecule has 0 unspecified atom stereocenters. The number of hydrogen-bond acceptors (Lipinski definition) is 5. The molecular weight excluding hydrogens is 483 g/mol. The van der Waals surface area contributed by atoms with Gasteiger partial charge in [-0.15, -0.1) is 0 Å². The van der Waals surface area contributed by atoms with Gasteiger partial charge >= 0.3 is 0 Å². The molecule has 0 saturated carbocycles. The van der Waals surface area contributed by atoms with E-state index in [4.69, 9.17) is 11.6 Å². The number of aromatic nitrogens is 3. The molecule has 1 fully saturated rings. The predicted octanol–water partition coefficient (Wildman–Crippen LogP) is 4.72. The Bertz CT molecular complexity index is 1400. The summed E-state index contributed by atoms with van der Waals surface area (Å²) < 4.78 is 15.0. The number of hydrogen-bond donors (Lipinski definition) is 2. The molecule has 0 atom stereocenters. The Balaban J connectivity index is 1.44. The first kappa shape index (κ1) is 23.7. The van der Waals surface area contributed by atoms with Crippen LogP contribution in [0.3, 0.4) is 0 Å². The summed E-state index contributed by atoms with van der Waals surface area (Å²) in [6, 6.07) is 15.8. The highest BCUT2D eigenvalue weighted by atomic mass is 35.5. The van der Waals surface area contributed by atoms with Crippen molar-refractivity contribution in [3.8, 4) is 17.1 Å². The summed E-state index contributed by atoms with van der Waals surface area (Å²) in [6.45, 7) is 1.57. The van der Waals surface area contributed by atoms with Crippen LogP contribution in [0, 0.1) is 5.82 Å². The van der Waals surface area contributed by atoms with Gasteiger partial charge in [0.15, 0.2) is 5.82 Å². The van der Waals surface area contributed by atoms with E-state index in [2.05, 4.69) is 20.8 Å². The molecule has 1 aliphatic heterocycles. The lowest BCUT2D eigenvalue weighted by molar-refractivity contribution is 0.0825. The lowest BCUT2D eigenvalue weighted by Gasteiger charge is -2.17. The second-order valence-electron chi connectivity index (χ2n) is 8.31. The fraction of sp³-hybridized carbons (Fsp3) is 0.154. The first-order valence-corrected chi connectivity index (χ1v) is 11.8. The number of nitrogens with one attached hydrogen (secondary N) is 2. The number of benzene rings is 2. The summed E-state index contributed by atoms with van der Waals surface area (Å²) in [6.07, 6.45) is 5.23. The highest BCUT2D eigenvalue weighted by molar-refractivity contribution is 6.34. The van der Waals surface area contributed by atoms with Gasteiger partial charge in [-0.25, -0.2) is 19.1 Å². The molecule has 10 heteroatoms. The zero-order valence-corrected chi connectivity index (χ0v) is 19.9. The number of anilines is 1. The third-order valence-electron chi connectivity index (χ3n) is 5.80. The first-order valence-electron chi connectivity index (χ1n) is 11.4. The van der Waals surface area contributed by atoms with Crippen molar-refractivity contribution in [1.82, 2.24) is 25.2 Å². The van der Waals surface area contributed by atoms with Gasteiger partial charge in [0.05, 0.1) is 16.1 Å². The number of nitrogens with zero attached hydrogens (tertiary/aromatic N) is 4. The zero-order valence-electron chi connectivity index (χ0n) is 19.1. The fourth-order valence-corrected chi connectivity index (χ4v) is 4.18. The lowest BCUT2D eigenvalue weighted by atomic mass is 10.1. The molecule has 0 spiro atoms. The molecule has 0 radical (unpaired) electrons. The van der Waals surface area contributed by atoms with Gasteiger partial charge in [-0.05, 0) is 67.4 Å². The van der Waals surface area contributed by atoms with Gasteiger partial charge in [-0.2, -0.15) is 5.10 Å². The molecule has 0 aliphatic carbocycles. The third-order valence-corrected chi connectivity index (χ3v) is 6.12. The Hall–Kier alpha value is -4.08. The zero-order chi connectivity index (χ0) is 25.1. The number of amides is 2. The van der Waals surface area contributed by atoms with Crippen molar-refractivity contribution >= 4 is 29.1 Å². The Kier molecular flexibility index (Phi) is 6.75. The van der Waals surface area contributed by atoms with Gasteiger partial charge in [-0.3, -0.25) is 15.0 Å². The molecule has 1 saturated heterocycles. The van der Waals surface area contributed by atoms with E-state index in [-0.39, 0.29) is 22.1 Å². The normalized spacial score (nSPS) is 13.5. The number of rotatable bonds is 6. The van der Waals surface area contributed by atoms with E-state index in [9.17, 15) is 14.0 Å². The smallest absolute Gasteiger partial charge is 0.267 e. The minimum Gasteiger partial charge on any atom is -0.322 e. The summed E-state index contributed by atoms with van der Waals surface area (Å²) in [5.74, 6) is -0.667. The van der Waals surface area contributed by atoms with E-state index in [0.717, 1.165) is 25.9 Å². The van der Waals surface area contributed by atoms with Crippen LogP contribution in [-0.4, -0.2) is 44.7 Å². The minimum atomic E-state index is -0.454. The fourth-order valence-electron chi connectivity index (χ4n) is 3.98. The average Bonchev–Trinajstić information content (AvgIpc) is 3.57. The number of carbonyl (C=O) groups excluding carboxylic acids is 2. The van der Waals surface area contributed by atoms with Gasteiger partial charge in [-0.1, -0.05) is 17.7 Å². The summed E-state index contributed by atoms with van der Waals surface area (Å²) in [5, 5.41) is 9.49. The van der Waals surface area contributed by atoms with Crippen LogP contribution in [0.2, 0.25) is 5.02 Å². The van der Waals surface area contributed by atoms with Crippen molar-refractivity contribution in [2.24, 2.45) is 0 Å². The summed E-state index contributed by atoms with van der Waals surface area (Å²) in [7, 11) is 0. The van der Waals surface area contributed by atoms with E-state index < -0.39 is 11.7 Å². The Morgan fingerprint density at radius 3 is 2.44 bits per heavy atom. The maximum atomic E-state index is 13.5. The molecule has 0 bridgehead atoms. The van der Waals surface area contributed by atoms with E-state index in [1.165, 1.54) is 22.9 Å². The molecule has 1 aliphatic rings. The van der Waals surface area contributed by atoms with Crippen LogP contribution in [0.25, 0.3) is 17.1 Å². The van der Waals surface area contributed by atoms with Gasteiger partial charge in [0.2, 0.25) is 0 Å². The lowest BCUT2D eigenvalue weighted by Crippen LogP contribution is -2.40.